The Balaban J connectivity index is 1.26. The first-order valence-electron chi connectivity index (χ1n) is 9.16. The maximum Gasteiger partial charge on any atom is 0.227 e. The van der Waals surface area contributed by atoms with E-state index < -0.39 is 0 Å². The van der Waals surface area contributed by atoms with Crippen molar-refractivity contribution >= 4 is 17.2 Å². The van der Waals surface area contributed by atoms with Crippen molar-refractivity contribution in [2.75, 3.05) is 0 Å². The number of benzene rings is 1. The number of hydrogen-bond acceptors (Lipinski definition) is 7. The Kier molecular flexibility index (Phi) is 6.09. The minimum Gasteiger partial charge on any atom is -0.439 e. The minimum atomic E-state index is -0.338. The molecule has 1 aromatic carbocycles. The van der Waals surface area contributed by atoms with E-state index in [1.54, 1.807) is 29.7 Å². The lowest BCUT2D eigenvalue weighted by Gasteiger charge is -2.08. The second-order valence-electron chi connectivity index (χ2n) is 6.36. The minimum absolute atomic E-state index is 0.136. The number of carbonyl (C=O) groups excluding carboxylic acids is 1. The van der Waals surface area contributed by atoms with E-state index in [0.29, 0.717) is 36.3 Å². The Bertz CT molecular complexity index is 1110. The number of amides is 1. The summed E-state index contributed by atoms with van der Waals surface area (Å²) in [6, 6.07) is 11.1. The second kappa shape index (κ2) is 9.27. The number of pyridine rings is 1. The summed E-state index contributed by atoms with van der Waals surface area (Å²) in [5.74, 6) is 1.31. The monoisotopic (exact) mass is 424 g/mol. The maximum atomic E-state index is 13.0. The summed E-state index contributed by atoms with van der Waals surface area (Å²) in [5.41, 5.74) is 1.73. The first-order chi connectivity index (χ1) is 14.7. The van der Waals surface area contributed by atoms with Gasteiger partial charge in [0, 0.05) is 42.6 Å². The summed E-state index contributed by atoms with van der Waals surface area (Å²) in [7, 11) is 0. The van der Waals surface area contributed by atoms with Gasteiger partial charge in [0.1, 0.15) is 11.6 Å². The second-order valence-corrected chi connectivity index (χ2v) is 7.14. The topological polar surface area (TPSA) is 90.1 Å². The lowest BCUT2D eigenvalue weighted by atomic mass is 10.2. The smallest absolute Gasteiger partial charge is 0.227 e. The highest BCUT2D eigenvalue weighted by Crippen LogP contribution is 2.21. The van der Waals surface area contributed by atoms with Gasteiger partial charge in [-0.3, -0.25) is 4.79 Å². The Morgan fingerprint density at radius 1 is 1.20 bits per heavy atom. The molecule has 0 saturated heterocycles. The van der Waals surface area contributed by atoms with Gasteiger partial charge in [0.05, 0.1) is 0 Å². The van der Waals surface area contributed by atoms with E-state index in [9.17, 15) is 9.18 Å². The number of carbonyl (C=O) groups is 1. The van der Waals surface area contributed by atoms with Gasteiger partial charge in [-0.05, 0) is 47.3 Å². The molecule has 1 N–H and O–H groups in total. The SMILES string of the molecule is O=C(CCc1nc(-c2ccsc2)no1)NCc1ccnc(Oc2ccc(F)cc2)c1. The Morgan fingerprint density at radius 3 is 2.87 bits per heavy atom. The molecule has 0 saturated carbocycles. The summed E-state index contributed by atoms with van der Waals surface area (Å²) in [6.07, 6.45) is 2.18. The van der Waals surface area contributed by atoms with Gasteiger partial charge in [-0.1, -0.05) is 5.16 Å². The molecule has 3 heterocycles. The fourth-order valence-corrected chi connectivity index (χ4v) is 3.25. The third-order valence-electron chi connectivity index (χ3n) is 4.14. The molecule has 4 aromatic rings. The molecule has 0 aliphatic heterocycles. The highest BCUT2D eigenvalue weighted by molar-refractivity contribution is 7.08. The van der Waals surface area contributed by atoms with Gasteiger partial charge >= 0.3 is 0 Å². The molecule has 0 aliphatic carbocycles. The first kappa shape index (κ1) is 19.7. The Labute approximate surface area is 175 Å². The predicted octanol–water partition coefficient (Wildman–Crippen LogP) is 4.37. The fourth-order valence-electron chi connectivity index (χ4n) is 2.61. The molecule has 4 rings (SSSR count). The molecule has 0 atom stereocenters. The van der Waals surface area contributed by atoms with Crippen LogP contribution in [-0.4, -0.2) is 21.0 Å². The van der Waals surface area contributed by atoms with Crippen LogP contribution in [0.3, 0.4) is 0 Å². The summed E-state index contributed by atoms with van der Waals surface area (Å²) < 4.78 is 23.8. The standard InChI is InChI=1S/C21H17FN4O3S/c22-16-1-3-17(4-2-16)28-20-11-14(7-9-23-20)12-24-18(27)5-6-19-25-21(26-29-19)15-8-10-30-13-15/h1-4,7-11,13H,5-6,12H2,(H,24,27). The molecule has 0 spiro atoms. The lowest BCUT2D eigenvalue weighted by molar-refractivity contribution is -0.121. The number of nitrogens with one attached hydrogen (secondary N) is 1. The number of aromatic nitrogens is 3. The van der Waals surface area contributed by atoms with Crippen LogP contribution < -0.4 is 10.1 Å². The summed E-state index contributed by atoms with van der Waals surface area (Å²) in [5, 5.41) is 10.6. The van der Waals surface area contributed by atoms with Crippen LogP contribution in [0.5, 0.6) is 11.6 Å². The highest BCUT2D eigenvalue weighted by Gasteiger charge is 2.11. The van der Waals surface area contributed by atoms with Crippen molar-refractivity contribution in [2.24, 2.45) is 0 Å². The zero-order valence-electron chi connectivity index (χ0n) is 15.7. The largest absolute Gasteiger partial charge is 0.439 e. The molecule has 9 heteroatoms. The molecule has 3 aromatic heterocycles. The number of hydrogen-bond donors (Lipinski definition) is 1. The molecule has 0 radical (unpaired) electrons. The number of aryl methyl sites for hydroxylation is 1. The van der Waals surface area contributed by atoms with Gasteiger partial charge in [-0.2, -0.15) is 16.3 Å². The zero-order chi connectivity index (χ0) is 20.8. The summed E-state index contributed by atoms with van der Waals surface area (Å²) >= 11 is 1.55. The molecule has 7 nitrogen and oxygen atoms in total. The quantitative estimate of drug-likeness (QED) is 0.452. The van der Waals surface area contributed by atoms with E-state index in [1.165, 1.54) is 24.3 Å². The third-order valence-corrected chi connectivity index (χ3v) is 4.82. The molecule has 30 heavy (non-hydrogen) atoms. The number of ether oxygens (including phenoxy) is 1. The van der Waals surface area contributed by atoms with Crippen LogP contribution in [0.4, 0.5) is 4.39 Å². The van der Waals surface area contributed by atoms with Gasteiger partial charge in [0.2, 0.25) is 23.5 Å². The first-order valence-corrected chi connectivity index (χ1v) is 10.1. The normalized spacial score (nSPS) is 10.7. The van der Waals surface area contributed by atoms with Gasteiger partial charge in [-0.25, -0.2) is 9.37 Å². The van der Waals surface area contributed by atoms with E-state index in [-0.39, 0.29) is 18.1 Å². The van der Waals surface area contributed by atoms with E-state index in [4.69, 9.17) is 9.26 Å². The Hall–Kier alpha value is -3.59. The van der Waals surface area contributed by atoms with E-state index >= 15 is 0 Å². The highest BCUT2D eigenvalue weighted by atomic mass is 32.1. The van der Waals surface area contributed by atoms with Crippen molar-refractivity contribution in [3.63, 3.8) is 0 Å². The van der Waals surface area contributed by atoms with Crippen molar-refractivity contribution < 1.29 is 18.4 Å². The number of nitrogens with zero attached hydrogens (tertiary/aromatic N) is 3. The lowest BCUT2D eigenvalue weighted by Crippen LogP contribution is -2.23. The zero-order valence-corrected chi connectivity index (χ0v) is 16.6. The molecule has 152 valence electrons. The van der Waals surface area contributed by atoms with E-state index in [0.717, 1.165) is 11.1 Å². The van der Waals surface area contributed by atoms with Crippen molar-refractivity contribution in [3.05, 3.63) is 76.7 Å². The predicted molar refractivity (Wildman–Crippen MR) is 108 cm³/mol. The van der Waals surface area contributed by atoms with Crippen LogP contribution >= 0.6 is 11.3 Å². The van der Waals surface area contributed by atoms with Crippen LogP contribution in [0.25, 0.3) is 11.4 Å². The van der Waals surface area contributed by atoms with Gasteiger partial charge in [-0.15, -0.1) is 0 Å². The van der Waals surface area contributed by atoms with Crippen molar-refractivity contribution in [3.8, 4) is 23.0 Å². The van der Waals surface area contributed by atoms with Crippen LogP contribution in [0.2, 0.25) is 0 Å². The molecule has 0 aliphatic rings. The Morgan fingerprint density at radius 2 is 2.07 bits per heavy atom. The average molecular weight is 424 g/mol. The molecule has 0 unspecified atom stereocenters. The van der Waals surface area contributed by atoms with Crippen LogP contribution in [0.15, 0.2) is 63.9 Å². The molecule has 0 bridgehead atoms. The maximum absolute atomic E-state index is 13.0. The summed E-state index contributed by atoms with van der Waals surface area (Å²) in [6.45, 7) is 0.325. The molecular formula is C21H17FN4O3S. The van der Waals surface area contributed by atoms with E-state index in [1.807, 2.05) is 16.8 Å². The average Bonchev–Trinajstić information content (AvgIpc) is 3.45. The van der Waals surface area contributed by atoms with Crippen molar-refractivity contribution in [1.29, 1.82) is 0 Å². The molecule has 0 fully saturated rings. The molecular weight excluding hydrogens is 407 g/mol. The van der Waals surface area contributed by atoms with Crippen LogP contribution in [-0.2, 0) is 17.8 Å². The third kappa shape index (κ3) is 5.26. The molecule has 1 amide bonds. The van der Waals surface area contributed by atoms with Gasteiger partial charge in [0.25, 0.3) is 0 Å². The van der Waals surface area contributed by atoms with Gasteiger partial charge < -0.3 is 14.6 Å². The van der Waals surface area contributed by atoms with E-state index in [2.05, 4.69) is 20.4 Å². The number of halogens is 1. The van der Waals surface area contributed by atoms with Crippen molar-refractivity contribution in [1.82, 2.24) is 20.4 Å². The summed E-state index contributed by atoms with van der Waals surface area (Å²) in [4.78, 5) is 20.6. The van der Waals surface area contributed by atoms with Gasteiger partial charge in [0.15, 0.2) is 0 Å². The number of thiophene rings is 1. The number of rotatable bonds is 8. The van der Waals surface area contributed by atoms with Crippen LogP contribution in [0, 0.1) is 5.82 Å². The van der Waals surface area contributed by atoms with Crippen LogP contribution in [0.1, 0.15) is 17.9 Å². The van der Waals surface area contributed by atoms with Crippen molar-refractivity contribution in [2.45, 2.75) is 19.4 Å². The fraction of sp³-hybridized carbons (Fsp3) is 0.143.